The minimum atomic E-state index is -0.980. The minimum absolute atomic E-state index is 0.0625. The minimum Gasteiger partial charge on any atom is -0.465 e. The molecule has 0 aromatic rings. The van der Waals surface area contributed by atoms with E-state index in [1.54, 1.807) is 13.8 Å². The van der Waals surface area contributed by atoms with Crippen molar-refractivity contribution in [1.82, 2.24) is 0 Å². The number of ether oxygens (including phenoxy) is 2. The fourth-order valence-electron chi connectivity index (χ4n) is 1.20. The Balaban J connectivity index is 4.55. The van der Waals surface area contributed by atoms with Gasteiger partial charge in [-0.25, -0.2) is 4.79 Å². The highest BCUT2D eigenvalue weighted by Crippen LogP contribution is 2.15. The Morgan fingerprint density at radius 2 is 1.65 bits per heavy atom. The Labute approximate surface area is 101 Å². The van der Waals surface area contributed by atoms with Crippen LogP contribution < -0.4 is 0 Å². The molecule has 17 heavy (non-hydrogen) atoms. The topological polar surface area (TPSA) is 69.7 Å². The third kappa shape index (κ3) is 5.29. The van der Waals surface area contributed by atoms with Gasteiger partial charge in [0.1, 0.15) is 11.7 Å². The molecule has 1 unspecified atom stereocenters. The summed E-state index contributed by atoms with van der Waals surface area (Å²) in [5, 5.41) is 0. The monoisotopic (exact) mass is 242 g/mol. The van der Waals surface area contributed by atoms with E-state index in [1.807, 2.05) is 0 Å². The first kappa shape index (κ1) is 15.3. The fraction of sp³-hybridized carbons (Fsp3) is 0.583. The van der Waals surface area contributed by atoms with Gasteiger partial charge < -0.3 is 9.47 Å². The molecule has 1 atom stereocenters. The summed E-state index contributed by atoms with van der Waals surface area (Å²) < 4.78 is 9.48. The number of rotatable bonds is 7. The second kappa shape index (κ2) is 7.60. The van der Waals surface area contributed by atoms with Crippen molar-refractivity contribution in [3.63, 3.8) is 0 Å². The van der Waals surface area contributed by atoms with Gasteiger partial charge in [0.15, 0.2) is 0 Å². The van der Waals surface area contributed by atoms with E-state index < -0.39 is 17.9 Å². The van der Waals surface area contributed by atoms with Crippen LogP contribution in [0.25, 0.3) is 0 Å². The lowest BCUT2D eigenvalue weighted by atomic mass is 9.97. The molecule has 0 amide bonds. The van der Waals surface area contributed by atoms with Crippen molar-refractivity contribution in [3.8, 4) is 0 Å². The van der Waals surface area contributed by atoms with Gasteiger partial charge in [0.05, 0.1) is 13.2 Å². The zero-order chi connectivity index (χ0) is 13.4. The van der Waals surface area contributed by atoms with Crippen molar-refractivity contribution < 1.29 is 23.9 Å². The first-order valence-corrected chi connectivity index (χ1v) is 5.45. The zero-order valence-electron chi connectivity index (χ0n) is 10.4. The molecule has 5 nitrogen and oxygen atoms in total. The van der Waals surface area contributed by atoms with Crippen molar-refractivity contribution >= 4 is 17.7 Å². The van der Waals surface area contributed by atoms with Crippen LogP contribution in [0.4, 0.5) is 0 Å². The van der Waals surface area contributed by atoms with Crippen LogP contribution in [0.2, 0.25) is 0 Å². The molecule has 0 N–H and O–H groups in total. The molecule has 96 valence electrons. The zero-order valence-corrected chi connectivity index (χ0v) is 10.4. The first-order valence-electron chi connectivity index (χ1n) is 5.45. The van der Waals surface area contributed by atoms with Gasteiger partial charge in [-0.05, 0) is 27.2 Å². The molecule has 0 aliphatic carbocycles. The Hall–Kier alpha value is -1.65. The van der Waals surface area contributed by atoms with E-state index in [-0.39, 0.29) is 31.0 Å². The van der Waals surface area contributed by atoms with Crippen LogP contribution >= 0.6 is 0 Å². The lowest BCUT2D eigenvalue weighted by molar-refractivity contribution is -0.151. The lowest BCUT2D eigenvalue weighted by Gasteiger charge is -2.13. The average molecular weight is 242 g/mol. The number of Topliss-reactive ketones (excluding diaryl/α,β-unsaturated/α-hetero) is 1. The van der Waals surface area contributed by atoms with Gasteiger partial charge in [-0.15, -0.1) is 0 Å². The molecule has 0 aliphatic rings. The first-order chi connectivity index (χ1) is 7.93. The summed E-state index contributed by atoms with van der Waals surface area (Å²) in [6, 6.07) is 0. The fourth-order valence-corrected chi connectivity index (χ4v) is 1.20. The number of hydrogen-bond donors (Lipinski definition) is 0. The maximum atomic E-state index is 11.5. The highest BCUT2D eigenvalue weighted by atomic mass is 16.5. The number of carbonyl (C=O) groups excluding carboxylic acids is 3. The van der Waals surface area contributed by atoms with E-state index in [0.29, 0.717) is 0 Å². The molecule has 0 rings (SSSR count). The van der Waals surface area contributed by atoms with Gasteiger partial charge in [-0.2, -0.15) is 0 Å². The number of hydrogen-bond acceptors (Lipinski definition) is 5. The van der Waals surface area contributed by atoms with Crippen LogP contribution in [0.15, 0.2) is 12.2 Å². The van der Waals surface area contributed by atoms with E-state index in [1.165, 1.54) is 6.92 Å². The third-order valence-electron chi connectivity index (χ3n) is 2.08. The predicted octanol–water partition coefficient (Wildman–Crippen LogP) is 1.26. The normalized spacial score (nSPS) is 11.5. The summed E-state index contributed by atoms with van der Waals surface area (Å²) in [5.74, 6) is -2.56. The highest BCUT2D eigenvalue weighted by molar-refractivity contribution is 5.99. The lowest BCUT2D eigenvalue weighted by Crippen LogP contribution is -2.26. The van der Waals surface area contributed by atoms with Crippen molar-refractivity contribution in [2.75, 3.05) is 13.2 Å². The molecule has 0 heterocycles. The molecular formula is C12H18O5. The standard InChI is InChI=1S/C12H18O5/c1-5-16-11(14)8(3)7-10(9(4)13)12(15)17-6-2/h10H,3,5-7H2,1-2,4H3. The Kier molecular flexibility index (Phi) is 6.86. The molecular weight excluding hydrogens is 224 g/mol. The summed E-state index contributed by atoms with van der Waals surface area (Å²) in [6.45, 7) is 8.51. The summed E-state index contributed by atoms with van der Waals surface area (Å²) in [5.41, 5.74) is 0.0973. The number of ketones is 1. The van der Waals surface area contributed by atoms with Gasteiger partial charge in [-0.3, -0.25) is 9.59 Å². The largest absolute Gasteiger partial charge is 0.465 e. The van der Waals surface area contributed by atoms with E-state index in [2.05, 4.69) is 6.58 Å². The maximum Gasteiger partial charge on any atom is 0.333 e. The quantitative estimate of drug-likeness (QED) is 0.382. The molecule has 0 aliphatic heterocycles. The Morgan fingerprint density at radius 1 is 1.12 bits per heavy atom. The van der Waals surface area contributed by atoms with Crippen molar-refractivity contribution in [1.29, 1.82) is 0 Å². The molecule has 0 fully saturated rings. The van der Waals surface area contributed by atoms with Crippen molar-refractivity contribution in [2.45, 2.75) is 27.2 Å². The molecule has 0 saturated carbocycles. The van der Waals surface area contributed by atoms with E-state index in [4.69, 9.17) is 9.47 Å². The molecule has 0 aromatic carbocycles. The SMILES string of the molecule is C=C(CC(C(C)=O)C(=O)OCC)C(=O)OCC. The third-order valence-corrected chi connectivity index (χ3v) is 2.08. The van der Waals surface area contributed by atoms with Crippen molar-refractivity contribution in [2.24, 2.45) is 5.92 Å². The van der Waals surface area contributed by atoms with Crippen LogP contribution in [-0.2, 0) is 23.9 Å². The molecule has 5 heteroatoms. The molecule has 0 radical (unpaired) electrons. The number of esters is 2. The second-order valence-corrected chi connectivity index (χ2v) is 3.44. The van der Waals surface area contributed by atoms with Crippen LogP contribution in [0.1, 0.15) is 27.2 Å². The average Bonchev–Trinajstić information content (AvgIpc) is 2.25. The van der Waals surface area contributed by atoms with Crippen LogP contribution in [0.5, 0.6) is 0 Å². The second-order valence-electron chi connectivity index (χ2n) is 3.44. The summed E-state index contributed by atoms with van der Waals surface area (Å²) in [4.78, 5) is 34.0. The highest BCUT2D eigenvalue weighted by Gasteiger charge is 2.27. The van der Waals surface area contributed by atoms with Crippen molar-refractivity contribution in [3.05, 3.63) is 12.2 Å². The van der Waals surface area contributed by atoms with Gasteiger partial charge in [0.25, 0.3) is 0 Å². The Bertz CT molecular complexity index is 319. The van der Waals surface area contributed by atoms with Gasteiger partial charge in [-0.1, -0.05) is 6.58 Å². The van der Waals surface area contributed by atoms with E-state index in [9.17, 15) is 14.4 Å². The van der Waals surface area contributed by atoms with Crippen LogP contribution in [0.3, 0.4) is 0 Å². The molecule has 0 saturated heterocycles. The summed E-state index contributed by atoms with van der Waals surface area (Å²) in [6.07, 6.45) is -0.0625. The summed E-state index contributed by atoms with van der Waals surface area (Å²) in [7, 11) is 0. The van der Waals surface area contributed by atoms with E-state index >= 15 is 0 Å². The Morgan fingerprint density at radius 3 is 2.06 bits per heavy atom. The number of carbonyl (C=O) groups is 3. The van der Waals surface area contributed by atoms with Gasteiger partial charge in [0, 0.05) is 5.57 Å². The van der Waals surface area contributed by atoms with E-state index in [0.717, 1.165) is 0 Å². The van der Waals surface area contributed by atoms with Crippen LogP contribution in [-0.4, -0.2) is 30.9 Å². The van der Waals surface area contributed by atoms with Crippen LogP contribution in [0, 0.1) is 5.92 Å². The molecule has 0 spiro atoms. The smallest absolute Gasteiger partial charge is 0.333 e. The van der Waals surface area contributed by atoms with Gasteiger partial charge in [0.2, 0.25) is 0 Å². The predicted molar refractivity (Wildman–Crippen MR) is 61.2 cm³/mol. The molecule has 0 bridgehead atoms. The maximum absolute atomic E-state index is 11.5. The molecule has 0 aromatic heterocycles. The van der Waals surface area contributed by atoms with Gasteiger partial charge >= 0.3 is 11.9 Å². The summed E-state index contributed by atoms with van der Waals surface area (Å²) >= 11 is 0.